The summed E-state index contributed by atoms with van der Waals surface area (Å²) in [6.07, 6.45) is -0.304. The van der Waals surface area contributed by atoms with Crippen LogP contribution in [0.15, 0.2) is 36.4 Å². The molecule has 0 fully saturated rings. The monoisotopic (exact) mass is 389 g/mol. The summed E-state index contributed by atoms with van der Waals surface area (Å²) in [4.78, 5) is 26.2. The molecule has 27 heavy (non-hydrogen) atoms. The number of benzene rings is 2. The Kier molecular flexibility index (Phi) is 5.13. The van der Waals surface area contributed by atoms with E-state index in [0.29, 0.717) is 27.8 Å². The third-order valence-electron chi connectivity index (χ3n) is 4.59. The second-order valence-electron chi connectivity index (χ2n) is 6.48. The third-order valence-corrected chi connectivity index (χ3v) is 4.82. The van der Waals surface area contributed by atoms with Gasteiger partial charge in [0.25, 0.3) is 5.91 Å². The Morgan fingerprint density at radius 1 is 1.15 bits per heavy atom. The smallest absolute Gasteiger partial charge is 0.264 e. The van der Waals surface area contributed by atoms with Crippen LogP contribution in [-0.4, -0.2) is 31.0 Å². The number of nitrogens with zero attached hydrogens (tertiary/aromatic N) is 1. The van der Waals surface area contributed by atoms with Gasteiger partial charge in [0.2, 0.25) is 0 Å². The Hall–Kier alpha value is -2.57. The molecule has 0 aliphatic carbocycles. The van der Waals surface area contributed by atoms with Crippen molar-refractivity contribution in [1.82, 2.24) is 0 Å². The van der Waals surface area contributed by atoms with Crippen LogP contribution < -0.4 is 14.4 Å². The van der Waals surface area contributed by atoms with E-state index in [4.69, 9.17) is 21.1 Å². The molecule has 1 heterocycles. The molecule has 2 aromatic rings. The summed E-state index contributed by atoms with van der Waals surface area (Å²) in [5.41, 5.74) is -0.254. The van der Waals surface area contributed by atoms with E-state index in [1.165, 1.54) is 25.0 Å². The molecule has 3 rings (SSSR count). The number of ketones is 1. The molecule has 1 atom stereocenters. The van der Waals surface area contributed by atoms with Gasteiger partial charge in [-0.1, -0.05) is 17.7 Å². The summed E-state index contributed by atoms with van der Waals surface area (Å²) in [5, 5.41) is 11.4. The summed E-state index contributed by atoms with van der Waals surface area (Å²) in [7, 11) is 3.08. The number of rotatable bonds is 6. The van der Waals surface area contributed by atoms with Crippen molar-refractivity contribution in [3.63, 3.8) is 0 Å². The van der Waals surface area contributed by atoms with Crippen LogP contribution in [-0.2, 0) is 21.7 Å². The van der Waals surface area contributed by atoms with Gasteiger partial charge >= 0.3 is 0 Å². The molecule has 6 nitrogen and oxygen atoms in total. The first kappa shape index (κ1) is 19.2. The largest absolute Gasteiger partial charge is 0.493 e. The van der Waals surface area contributed by atoms with Crippen molar-refractivity contribution < 1.29 is 24.2 Å². The Balaban J connectivity index is 2.02. The predicted octanol–water partition coefficient (Wildman–Crippen LogP) is 3.07. The number of Topliss-reactive ketones (excluding diaryl/α,β-unsaturated/α-hetero) is 1. The van der Waals surface area contributed by atoms with Gasteiger partial charge in [-0.05, 0) is 42.8 Å². The molecule has 0 unspecified atom stereocenters. The lowest BCUT2D eigenvalue weighted by atomic mass is 9.90. The first-order chi connectivity index (χ1) is 12.8. The maximum Gasteiger partial charge on any atom is 0.264 e. The number of methoxy groups -OCH3 is 2. The van der Waals surface area contributed by atoms with Gasteiger partial charge in [-0.3, -0.25) is 9.59 Å². The topological polar surface area (TPSA) is 76.1 Å². The van der Waals surface area contributed by atoms with Gasteiger partial charge in [0.15, 0.2) is 17.1 Å². The number of amides is 1. The van der Waals surface area contributed by atoms with Gasteiger partial charge < -0.3 is 19.5 Å². The maximum atomic E-state index is 13.0. The lowest BCUT2D eigenvalue weighted by Crippen LogP contribution is -2.41. The van der Waals surface area contributed by atoms with Crippen molar-refractivity contribution in [2.45, 2.75) is 25.5 Å². The van der Waals surface area contributed by atoms with Crippen molar-refractivity contribution >= 4 is 29.0 Å². The van der Waals surface area contributed by atoms with Gasteiger partial charge in [-0.15, -0.1) is 0 Å². The van der Waals surface area contributed by atoms with Crippen LogP contribution in [0.3, 0.4) is 0 Å². The van der Waals surface area contributed by atoms with Crippen LogP contribution in [0, 0.1) is 0 Å². The molecule has 1 aliphatic heterocycles. The SMILES string of the molecule is COc1ccc(CN2C(=O)[C@@](O)(CC(C)=O)c3cc(Cl)ccc32)cc1OC. The number of aliphatic hydroxyl groups is 1. The molecule has 0 bridgehead atoms. The molecule has 1 N–H and O–H groups in total. The van der Waals surface area contributed by atoms with Crippen LogP contribution >= 0.6 is 11.6 Å². The molecule has 0 spiro atoms. The molecular weight excluding hydrogens is 370 g/mol. The zero-order valence-corrected chi connectivity index (χ0v) is 16.0. The van der Waals surface area contributed by atoms with E-state index in [0.717, 1.165) is 5.56 Å². The highest BCUT2D eigenvalue weighted by atomic mass is 35.5. The zero-order chi connectivity index (χ0) is 19.8. The van der Waals surface area contributed by atoms with Crippen LogP contribution in [0.5, 0.6) is 11.5 Å². The number of halogens is 1. The number of hydrogen-bond donors (Lipinski definition) is 1. The molecule has 0 aromatic heterocycles. The summed E-state index contributed by atoms with van der Waals surface area (Å²) >= 11 is 6.06. The molecule has 0 saturated carbocycles. The predicted molar refractivity (Wildman–Crippen MR) is 101 cm³/mol. The third kappa shape index (κ3) is 3.38. The van der Waals surface area contributed by atoms with E-state index in [9.17, 15) is 14.7 Å². The van der Waals surface area contributed by atoms with Crippen LogP contribution in [0.2, 0.25) is 5.02 Å². The Bertz CT molecular complexity index is 913. The first-order valence-electron chi connectivity index (χ1n) is 8.35. The van der Waals surface area contributed by atoms with Gasteiger partial charge in [-0.2, -0.15) is 0 Å². The highest BCUT2D eigenvalue weighted by Gasteiger charge is 2.50. The lowest BCUT2D eigenvalue weighted by molar-refractivity contribution is -0.141. The minimum absolute atomic E-state index is 0.202. The fourth-order valence-corrected chi connectivity index (χ4v) is 3.54. The van der Waals surface area contributed by atoms with E-state index in [1.54, 1.807) is 31.4 Å². The zero-order valence-electron chi connectivity index (χ0n) is 15.3. The number of carbonyl (C=O) groups is 2. The molecule has 7 heteroatoms. The normalized spacial score (nSPS) is 18.4. The van der Waals surface area contributed by atoms with Gasteiger partial charge in [-0.25, -0.2) is 0 Å². The molecular formula is C20H20ClNO5. The molecule has 1 aliphatic rings. The van der Waals surface area contributed by atoms with Crippen molar-refractivity contribution in [3.05, 3.63) is 52.5 Å². The van der Waals surface area contributed by atoms with Crippen molar-refractivity contribution in [2.75, 3.05) is 19.1 Å². The number of carbonyl (C=O) groups excluding carboxylic acids is 2. The highest BCUT2D eigenvalue weighted by molar-refractivity contribution is 6.31. The minimum atomic E-state index is -1.91. The highest BCUT2D eigenvalue weighted by Crippen LogP contribution is 2.44. The Morgan fingerprint density at radius 3 is 2.48 bits per heavy atom. The number of ether oxygens (including phenoxy) is 2. The molecule has 1 amide bonds. The molecule has 0 radical (unpaired) electrons. The average Bonchev–Trinajstić information content (AvgIpc) is 2.82. The van der Waals surface area contributed by atoms with Gasteiger partial charge in [0.05, 0.1) is 26.5 Å². The van der Waals surface area contributed by atoms with Crippen molar-refractivity contribution in [3.8, 4) is 11.5 Å². The second-order valence-corrected chi connectivity index (χ2v) is 6.92. The molecule has 142 valence electrons. The summed E-state index contributed by atoms with van der Waals surface area (Å²) in [6, 6.07) is 10.2. The van der Waals surface area contributed by atoms with Gasteiger partial charge in [0, 0.05) is 17.0 Å². The summed E-state index contributed by atoms with van der Waals surface area (Å²) in [6.45, 7) is 1.54. The Morgan fingerprint density at radius 2 is 1.85 bits per heavy atom. The quantitative estimate of drug-likeness (QED) is 0.821. The first-order valence-corrected chi connectivity index (χ1v) is 8.72. The van der Waals surface area contributed by atoms with E-state index in [1.807, 2.05) is 6.07 Å². The molecule has 0 saturated heterocycles. The van der Waals surface area contributed by atoms with Crippen molar-refractivity contribution in [2.24, 2.45) is 0 Å². The molecule has 2 aromatic carbocycles. The fraction of sp³-hybridized carbons (Fsp3) is 0.300. The van der Waals surface area contributed by atoms with E-state index >= 15 is 0 Å². The minimum Gasteiger partial charge on any atom is -0.493 e. The number of anilines is 1. The van der Waals surface area contributed by atoms with E-state index in [2.05, 4.69) is 0 Å². The maximum absolute atomic E-state index is 13.0. The lowest BCUT2D eigenvalue weighted by Gasteiger charge is -2.22. The Labute approximate surface area is 162 Å². The van der Waals surface area contributed by atoms with Crippen molar-refractivity contribution in [1.29, 1.82) is 0 Å². The summed E-state index contributed by atoms with van der Waals surface area (Å²) in [5.74, 6) is 0.278. The van der Waals surface area contributed by atoms with Gasteiger partial charge in [0.1, 0.15) is 5.78 Å². The second kappa shape index (κ2) is 7.21. The van der Waals surface area contributed by atoms with E-state index in [-0.39, 0.29) is 18.7 Å². The number of hydrogen-bond acceptors (Lipinski definition) is 5. The average molecular weight is 390 g/mol. The van der Waals surface area contributed by atoms with Crippen LogP contribution in [0.1, 0.15) is 24.5 Å². The fourth-order valence-electron chi connectivity index (χ4n) is 3.37. The summed E-state index contributed by atoms with van der Waals surface area (Å²) < 4.78 is 10.5. The standard InChI is InChI=1S/C20H20ClNO5/c1-12(23)10-20(25)15-9-14(21)5-6-16(15)22(19(20)24)11-13-4-7-17(26-2)18(8-13)27-3/h4-9,25H,10-11H2,1-3H3/t20-/m1/s1. The number of fused-ring (bicyclic) bond motifs is 1. The van der Waals surface area contributed by atoms with E-state index < -0.39 is 11.5 Å². The van der Waals surface area contributed by atoms with Crippen LogP contribution in [0.25, 0.3) is 0 Å². The van der Waals surface area contributed by atoms with Crippen LogP contribution in [0.4, 0.5) is 5.69 Å².